The summed E-state index contributed by atoms with van der Waals surface area (Å²) in [6.07, 6.45) is 6.07. The molecule has 0 unspecified atom stereocenters. The summed E-state index contributed by atoms with van der Waals surface area (Å²) in [7, 11) is -3.62. The summed E-state index contributed by atoms with van der Waals surface area (Å²) in [5.74, 6) is 0.532. The van der Waals surface area contributed by atoms with Crippen LogP contribution in [-0.2, 0) is 21.2 Å². The van der Waals surface area contributed by atoms with Crippen LogP contribution in [0, 0.1) is 12.8 Å². The van der Waals surface area contributed by atoms with Crippen molar-refractivity contribution < 1.29 is 17.7 Å². The maximum atomic E-state index is 13.1. The fourth-order valence-electron chi connectivity index (χ4n) is 3.83. The molecule has 32 heavy (non-hydrogen) atoms. The zero-order chi connectivity index (χ0) is 22.3. The lowest BCUT2D eigenvalue weighted by Crippen LogP contribution is -2.29. The van der Waals surface area contributed by atoms with Crippen LogP contribution in [-0.4, -0.2) is 26.0 Å². The molecule has 0 saturated heterocycles. The number of rotatable bonds is 6. The van der Waals surface area contributed by atoms with E-state index in [0.717, 1.165) is 29.7 Å². The maximum absolute atomic E-state index is 13.1. The summed E-state index contributed by atoms with van der Waals surface area (Å²) < 4.78 is 33.1. The summed E-state index contributed by atoms with van der Waals surface area (Å²) in [6.45, 7) is 2.23. The van der Waals surface area contributed by atoms with Crippen LogP contribution in [0.3, 0.4) is 0 Å². The van der Waals surface area contributed by atoms with Crippen LogP contribution in [0.1, 0.15) is 35.4 Å². The van der Waals surface area contributed by atoms with E-state index in [1.807, 2.05) is 24.3 Å². The second-order valence-electron chi connectivity index (χ2n) is 8.13. The highest BCUT2D eigenvalue weighted by molar-refractivity contribution is 7.92. The number of hydrogen-bond donors (Lipinski definition) is 1. The van der Waals surface area contributed by atoms with E-state index in [4.69, 9.17) is 4.52 Å². The molecule has 5 rings (SSSR count). The average molecular weight is 450 g/mol. The minimum Gasteiger partial charge on any atom is -0.354 e. The van der Waals surface area contributed by atoms with E-state index < -0.39 is 10.0 Å². The number of benzene rings is 2. The van der Waals surface area contributed by atoms with Crippen molar-refractivity contribution in [3.63, 3.8) is 0 Å². The van der Waals surface area contributed by atoms with Gasteiger partial charge >= 0.3 is 0 Å². The predicted molar refractivity (Wildman–Crippen MR) is 123 cm³/mol. The molecule has 0 spiro atoms. The Labute approximate surface area is 186 Å². The number of nitrogens with one attached hydrogen (secondary N) is 1. The molecule has 2 heterocycles. The molecular weight excluding hydrogens is 426 g/mol. The highest BCUT2D eigenvalue weighted by atomic mass is 32.2. The van der Waals surface area contributed by atoms with Crippen LogP contribution in [0.25, 0.3) is 12.2 Å². The third-order valence-corrected chi connectivity index (χ3v) is 7.65. The Kier molecular flexibility index (Phi) is 5.09. The van der Waals surface area contributed by atoms with Gasteiger partial charge < -0.3 is 9.84 Å². The topological polar surface area (TPSA) is 92.5 Å². The highest BCUT2D eigenvalue weighted by Crippen LogP contribution is 2.33. The van der Waals surface area contributed by atoms with Gasteiger partial charge in [0.05, 0.1) is 10.6 Å². The molecule has 0 radical (unpaired) electrons. The molecule has 1 N–H and O–H groups in total. The van der Waals surface area contributed by atoms with Gasteiger partial charge in [0.2, 0.25) is 5.91 Å². The summed E-state index contributed by atoms with van der Waals surface area (Å²) in [5.41, 5.74) is 3.79. The Morgan fingerprint density at radius 3 is 2.62 bits per heavy atom. The number of carbonyl (C=O) groups is 1. The Morgan fingerprint density at radius 2 is 1.88 bits per heavy atom. The van der Waals surface area contributed by atoms with Gasteiger partial charge in [0.1, 0.15) is 11.4 Å². The van der Waals surface area contributed by atoms with Crippen LogP contribution in [0.2, 0.25) is 0 Å². The molecule has 8 heteroatoms. The number of nitrogens with zero attached hydrogens (tertiary/aromatic N) is 2. The van der Waals surface area contributed by atoms with E-state index >= 15 is 0 Å². The van der Waals surface area contributed by atoms with Gasteiger partial charge in [-0.05, 0) is 61.6 Å². The normalized spacial score (nSPS) is 15.8. The third-order valence-electron chi connectivity index (χ3n) is 5.83. The largest absolute Gasteiger partial charge is 0.354 e. The van der Waals surface area contributed by atoms with E-state index in [9.17, 15) is 13.2 Å². The minimum absolute atomic E-state index is 0.0102. The van der Waals surface area contributed by atoms with E-state index in [1.165, 1.54) is 4.31 Å². The number of carbonyl (C=O) groups excluding carboxylic acids is 1. The van der Waals surface area contributed by atoms with Crippen molar-refractivity contribution in [3.05, 3.63) is 71.1 Å². The smallest absolute Gasteiger partial charge is 0.264 e. The highest BCUT2D eigenvalue weighted by Gasteiger charge is 2.31. The van der Waals surface area contributed by atoms with Crippen molar-refractivity contribution in [2.24, 2.45) is 5.92 Å². The fraction of sp³-hybridized carbons (Fsp3) is 0.250. The Morgan fingerprint density at radius 1 is 1.12 bits per heavy atom. The predicted octanol–water partition coefficient (Wildman–Crippen LogP) is 4.25. The summed E-state index contributed by atoms with van der Waals surface area (Å²) in [4.78, 5) is 12.4. The number of sulfonamides is 1. The van der Waals surface area contributed by atoms with Gasteiger partial charge in [0, 0.05) is 12.5 Å². The molecule has 1 saturated carbocycles. The first-order valence-corrected chi connectivity index (χ1v) is 12.0. The van der Waals surface area contributed by atoms with Gasteiger partial charge in [-0.1, -0.05) is 41.6 Å². The molecule has 1 aliphatic heterocycles. The first kappa shape index (κ1) is 20.5. The molecule has 2 aromatic carbocycles. The van der Waals surface area contributed by atoms with E-state index in [2.05, 4.69) is 10.5 Å². The van der Waals surface area contributed by atoms with Gasteiger partial charge in [0.15, 0.2) is 5.76 Å². The Bertz CT molecular complexity index is 1310. The average Bonchev–Trinajstić information content (AvgIpc) is 3.47. The van der Waals surface area contributed by atoms with Crippen LogP contribution < -0.4 is 9.62 Å². The number of aromatic nitrogens is 1. The first-order chi connectivity index (χ1) is 15.4. The van der Waals surface area contributed by atoms with Crippen LogP contribution in [0.15, 0.2) is 57.9 Å². The molecule has 3 aromatic rings. The number of amides is 1. The standard InChI is InChI=1S/C24H23N3O4S/c1-16-23(25-24(28)19-9-10-19)22(31-26-16)13-8-17-6-11-20(12-7-17)32(29,30)27-15-14-18-4-2-3-5-21(18)27/h2-8,11-13,19H,9-10,14-15H2,1H3,(H,25,28)/b13-8-. The van der Waals surface area contributed by atoms with Crippen LogP contribution in [0.5, 0.6) is 0 Å². The third kappa shape index (κ3) is 3.82. The number of anilines is 2. The van der Waals surface area contributed by atoms with Crippen molar-refractivity contribution in [1.82, 2.24) is 5.16 Å². The second-order valence-corrected chi connectivity index (χ2v) is 9.99. The summed E-state index contributed by atoms with van der Waals surface area (Å²) in [5, 5.41) is 6.84. The lowest BCUT2D eigenvalue weighted by atomic mass is 10.2. The fourth-order valence-corrected chi connectivity index (χ4v) is 5.33. The monoisotopic (exact) mass is 449 g/mol. The number of fused-ring (bicyclic) bond motifs is 1. The van der Waals surface area contributed by atoms with Crippen molar-refractivity contribution >= 4 is 39.5 Å². The van der Waals surface area contributed by atoms with Gasteiger partial charge in [-0.25, -0.2) is 8.42 Å². The molecule has 0 bridgehead atoms. The second kappa shape index (κ2) is 7.94. The zero-order valence-electron chi connectivity index (χ0n) is 17.6. The molecule has 1 amide bonds. The number of hydrogen-bond acceptors (Lipinski definition) is 5. The molecular formula is C24H23N3O4S. The maximum Gasteiger partial charge on any atom is 0.264 e. The Hall–Kier alpha value is -3.39. The molecule has 1 aliphatic carbocycles. The van der Waals surface area contributed by atoms with Crippen molar-refractivity contribution in [1.29, 1.82) is 0 Å². The van der Waals surface area contributed by atoms with E-state index in [1.54, 1.807) is 43.3 Å². The van der Waals surface area contributed by atoms with Crippen molar-refractivity contribution in [3.8, 4) is 0 Å². The van der Waals surface area contributed by atoms with Crippen LogP contribution >= 0.6 is 0 Å². The van der Waals surface area contributed by atoms with Gasteiger partial charge in [-0.15, -0.1) is 0 Å². The Balaban J connectivity index is 1.34. The van der Waals surface area contributed by atoms with Crippen LogP contribution in [0.4, 0.5) is 11.4 Å². The molecule has 1 aromatic heterocycles. The molecule has 7 nitrogen and oxygen atoms in total. The molecule has 164 valence electrons. The van der Waals surface area contributed by atoms with Gasteiger partial charge in [0.25, 0.3) is 10.0 Å². The minimum atomic E-state index is -3.62. The lowest BCUT2D eigenvalue weighted by Gasteiger charge is -2.19. The van der Waals surface area contributed by atoms with E-state index in [-0.39, 0.29) is 16.7 Å². The molecule has 1 fully saturated rings. The quantitative estimate of drug-likeness (QED) is 0.607. The summed E-state index contributed by atoms with van der Waals surface area (Å²) in [6, 6.07) is 14.3. The molecule has 0 atom stereocenters. The SMILES string of the molecule is Cc1noc(/C=C\c2ccc(S(=O)(=O)N3CCc4ccccc43)cc2)c1NC(=O)C1CC1. The zero-order valence-corrected chi connectivity index (χ0v) is 18.4. The number of para-hydroxylation sites is 1. The number of aryl methyl sites for hydroxylation is 1. The van der Waals surface area contributed by atoms with E-state index in [0.29, 0.717) is 30.1 Å². The van der Waals surface area contributed by atoms with Gasteiger partial charge in [-0.3, -0.25) is 9.10 Å². The van der Waals surface area contributed by atoms with Gasteiger partial charge in [-0.2, -0.15) is 0 Å². The first-order valence-electron chi connectivity index (χ1n) is 10.6. The molecule has 2 aliphatic rings. The lowest BCUT2D eigenvalue weighted by molar-refractivity contribution is -0.117. The summed E-state index contributed by atoms with van der Waals surface area (Å²) >= 11 is 0. The van der Waals surface area contributed by atoms with Crippen molar-refractivity contribution in [2.75, 3.05) is 16.2 Å². The van der Waals surface area contributed by atoms with Crippen molar-refractivity contribution in [2.45, 2.75) is 31.1 Å².